The van der Waals surface area contributed by atoms with Crippen LogP contribution in [-0.4, -0.2) is 52.4 Å². The van der Waals surface area contributed by atoms with Crippen molar-refractivity contribution < 1.29 is 19.5 Å². The van der Waals surface area contributed by atoms with Gasteiger partial charge in [0.25, 0.3) is 0 Å². The zero-order chi connectivity index (χ0) is 27.1. The topological polar surface area (TPSA) is 137 Å². The summed E-state index contributed by atoms with van der Waals surface area (Å²) in [6.45, 7) is 4.71. The minimum Gasteiger partial charge on any atom is -0.481 e. The van der Waals surface area contributed by atoms with Crippen LogP contribution in [0.15, 0.2) is 54.7 Å². The van der Waals surface area contributed by atoms with Crippen molar-refractivity contribution in [3.8, 4) is 0 Å². The summed E-state index contributed by atoms with van der Waals surface area (Å²) in [5, 5.41) is 17.2. The van der Waals surface area contributed by atoms with Crippen LogP contribution in [0.5, 0.6) is 0 Å². The number of hydrogen-bond acceptors (Lipinski definition) is 5. The maximum atomic E-state index is 14.7. The lowest BCUT2D eigenvalue weighted by Gasteiger charge is -2.42. The maximum absolute atomic E-state index is 14.7. The van der Waals surface area contributed by atoms with Gasteiger partial charge in [-0.3, -0.25) is 14.4 Å². The SMILES string of the molecule is CC(C)(N)C(=O)N[C@H](Cc1c[nH]c2ccccc12)C(=O)[C@@H]1[C@H](CC(=O)O)c2ccccc2C12CCNCC2. The summed E-state index contributed by atoms with van der Waals surface area (Å²) in [5.41, 5.74) is 8.34. The second-order valence-electron chi connectivity index (χ2n) is 11.4. The Morgan fingerprint density at radius 3 is 2.50 bits per heavy atom. The number of fused-ring (bicyclic) bond motifs is 3. The monoisotopic (exact) mass is 516 g/mol. The number of benzene rings is 2. The molecule has 2 aliphatic rings. The Hall–Kier alpha value is -3.49. The average molecular weight is 517 g/mol. The minimum absolute atomic E-state index is 0.128. The fourth-order valence-corrected chi connectivity index (χ4v) is 6.65. The van der Waals surface area contributed by atoms with Gasteiger partial charge in [0.1, 0.15) is 0 Å². The first-order valence-electron chi connectivity index (χ1n) is 13.3. The molecule has 1 saturated heterocycles. The molecule has 200 valence electrons. The lowest BCUT2D eigenvalue weighted by atomic mass is 9.64. The largest absolute Gasteiger partial charge is 0.481 e. The highest BCUT2D eigenvalue weighted by molar-refractivity contribution is 5.96. The van der Waals surface area contributed by atoms with Crippen LogP contribution in [0, 0.1) is 5.92 Å². The first kappa shape index (κ1) is 26.1. The average Bonchev–Trinajstić information content (AvgIpc) is 3.40. The van der Waals surface area contributed by atoms with Gasteiger partial charge < -0.3 is 26.5 Å². The first-order valence-corrected chi connectivity index (χ1v) is 13.3. The number of aromatic nitrogens is 1. The fraction of sp³-hybridized carbons (Fsp3) is 0.433. The summed E-state index contributed by atoms with van der Waals surface area (Å²) in [7, 11) is 0. The second kappa shape index (κ2) is 10.0. The number of rotatable bonds is 8. The molecule has 2 aromatic carbocycles. The number of piperidine rings is 1. The fourth-order valence-electron chi connectivity index (χ4n) is 6.65. The van der Waals surface area contributed by atoms with Crippen LogP contribution in [-0.2, 0) is 26.2 Å². The summed E-state index contributed by atoms with van der Waals surface area (Å²) in [6, 6.07) is 14.9. The highest BCUT2D eigenvalue weighted by Crippen LogP contribution is 2.56. The molecule has 1 amide bonds. The van der Waals surface area contributed by atoms with E-state index in [0.29, 0.717) is 0 Å². The highest BCUT2D eigenvalue weighted by Gasteiger charge is 2.56. The van der Waals surface area contributed by atoms with E-state index in [0.717, 1.165) is 53.5 Å². The van der Waals surface area contributed by atoms with E-state index < -0.39 is 40.7 Å². The number of carbonyl (C=O) groups is 3. The third-order valence-electron chi connectivity index (χ3n) is 8.42. The summed E-state index contributed by atoms with van der Waals surface area (Å²) in [4.78, 5) is 43.2. The molecular weight excluding hydrogens is 480 g/mol. The van der Waals surface area contributed by atoms with Crippen molar-refractivity contribution in [1.82, 2.24) is 15.6 Å². The molecule has 1 fully saturated rings. The number of nitrogens with one attached hydrogen (secondary N) is 3. The van der Waals surface area contributed by atoms with Gasteiger partial charge in [-0.05, 0) is 62.5 Å². The number of carboxylic acids is 1. The van der Waals surface area contributed by atoms with E-state index in [2.05, 4.69) is 21.7 Å². The highest BCUT2D eigenvalue weighted by atomic mass is 16.4. The number of carboxylic acid groups (broad SMARTS) is 1. The number of hydrogen-bond donors (Lipinski definition) is 5. The van der Waals surface area contributed by atoms with E-state index in [1.807, 2.05) is 48.7 Å². The molecule has 0 unspecified atom stereocenters. The second-order valence-corrected chi connectivity index (χ2v) is 11.4. The molecule has 1 aromatic heterocycles. The predicted octanol–water partition coefficient (Wildman–Crippen LogP) is 3.01. The van der Waals surface area contributed by atoms with E-state index in [1.165, 1.54) is 0 Å². The van der Waals surface area contributed by atoms with Gasteiger partial charge in [-0.25, -0.2) is 0 Å². The zero-order valence-electron chi connectivity index (χ0n) is 21.9. The molecule has 5 rings (SSSR count). The standard InChI is InChI=1S/C30H36N4O4/c1-29(2,31)28(38)34-24(15-18-17-33-23-10-6-4-7-19(18)23)27(37)26-21(16-25(35)36)20-8-3-5-9-22(20)30(26)11-13-32-14-12-30/h3-10,17,21,24,26,32-33H,11-16,31H2,1-2H3,(H,34,38)(H,35,36)/t21-,24-,26+/m1/s1. The van der Waals surface area contributed by atoms with Crippen LogP contribution in [0.2, 0.25) is 0 Å². The van der Waals surface area contributed by atoms with Gasteiger partial charge in [-0.1, -0.05) is 42.5 Å². The van der Waals surface area contributed by atoms with E-state index >= 15 is 0 Å². The number of para-hydroxylation sites is 1. The maximum Gasteiger partial charge on any atom is 0.303 e. The lowest BCUT2D eigenvalue weighted by Crippen LogP contribution is -2.57. The Kier molecular flexibility index (Phi) is 6.88. The zero-order valence-corrected chi connectivity index (χ0v) is 21.9. The van der Waals surface area contributed by atoms with Crippen LogP contribution in [0.4, 0.5) is 0 Å². The normalized spacial score (nSPS) is 21.2. The number of amides is 1. The molecule has 0 saturated carbocycles. The molecule has 1 spiro atoms. The smallest absolute Gasteiger partial charge is 0.303 e. The van der Waals surface area contributed by atoms with Gasteiger partial charge in [0.15, 0.2) is 5.78 Å². The van der Waals surface area contributed by atoms with Crippen LogP contribution in [0.25, 0.3) is 10.9 Å². The van der Waals surface area contributed by atoms with Crippen molar-refractivity contribution in [2.45, 2.75) is 62.4 Å². The first-order chi connectivity index (χ1) is 18.1. The third-order valence-corrected chi connectivity index (χ3v) is 8.42. The Labute approximate surface area is 222 Å². The predicted molar refractivity (Wildman–Crippen MR) is 146 cm³/mol. The summed E-state index contributed by atoms with van der Waals surface area (Å²) in [5.74, 6) is -2.52. The van der Waals surface area contributed by atoms with Crippen LogP contribution >= 0.6 is 0 Å². The number of nitrogens with two attached hydrogens (primary N) is 1. The van der Waals surface area contributed by atoms with Crippen LogP contribution in [0.3, 0.4) is 0 Å². The molecule has 6 N–H and O–H groups in total. The molecule has 3 atom stereocenters. The summed E-state index contributed by atoms with van der Waals surface area (Å²) < 4.78 is 0. The molecule has 1 aliphatic heterocycles. The van der Waals surface area contributed by atoms with Crippen LogP contribution in [0.1, 0.15) is 55.7 Å². The number of ketones is 1. The van der Waals surface area contributed by atoms with Gasteiger partial charge in [-0.15, -0.1) is 0 Å². The van der Waals surface area contributed by atoms with Crippen molar-refractivity contribution >= 4 is 28.6 Å². The third kappa shape index (κ3) is 4.63. The summed E-state index contributed by atoms with van der Waals surface area (Å²) in [6.07, 6.45) is 3.48. The molecule has 2 heterocycles. The molecule has 8 heteroatoms. The quantitative estimate of drug-likeness (QED) is 0.312. The van der Waals surface area contributed by atoms with Gasteiger partial charge >= 0.3 is 5.97 Å². The van der Waals surface area contributed by atoms with Crippen molar-refractivity contribution in [2.24, 2.45) is 11.7 Å². The van der Waals surface area contributed by atoms with Gasteiger partial charge in [-0.2, -0.15) is 0 Å². The van der Waals surface area contributed by atoms with Crippen molar-refractivity contribution in [3.63, 3.8) is 0 Å². The van der Waals surface area contributed by atoms with Crippen molar-refractivity contribution in [1.29, 1.82) is 0 Å². The number of aromatic amines is 1. The van der Waals surface area contributed by atoms with Gasteiger partial charge in [0, 0.05) is 40.8 Å². The van der Waals surface area contributed by atoms with Crippen molar-refractivity contribution in [2.75, 3.05) is 13.1 Å². The van der Waals surface area contributed by atoms with E-state index in [1.54, 1.807) is 13.8 Å². The Bertz CT molecular complexity index is 1370. The molecule has 0 radical (unpaired) electrons. The molecule has 8 nitrogen and oxygen atoms in total. The van der Waals surface area contributed by atoms with Crippen molar-refractivity contribution in [3.05, 3.63) is 71.4 Å². The Balaban J connectivity index is 1.60. The van der Waals surface area contributed by atoms with Gasteiger partial charge in [0.2, 0.25) is 5.91 Å². The van der Waals surface area contributed by atoms with Gasteiger partial charge in [0.05, 0.1) is 18.0 Å². The number of Topliss-reactive ketones (excluding diaryl/α,β-unsaturated/α-hetero) is 1. The van der Waals surface area contributed by atoms with Crippen LogP contribution < -0.4 is 16.4 Å². The number of carbonyl (C=O) groups excluding carboxylic acids is 2. The number of H-pyrrole nitrogens is 1. The van der Waals surface area contributed by atoms with E-state index in [9.17, 15) is 19.5 Å². The molecule has 1 aliphatic carbocycles. The Morgan fingerprint density at radius 1 is 1.11 bits per heavy atom. The lowest BCUT2D eigenvalue weighted by molar-refractivity contribution is -0.139. The summed E-state index contributed by atoms with van der Waals surface area (Å²) >= 11 is 0. The molecule has 38 heavy (non-hydrogen) atoms. The Morgan fingerprint density at radius 2 is 1.79 bits per heavy atom. The van der Waals surface area contributed by atoms with E-state index in [4.69, 9.17) is 5.73 Å². The number of aliphatic carboxylic acids is 1. The minimum atomic E-state index is -1.18. The molecule has 0 bridgehead atoms. The molecular formula is C30H36N4O4. The van der Waals surface area contributed by atoms with E-state index in [-0.39, 0.29) is 18.6 Å². The molecule has 3 aromatic rings.